The first kappa shape index (κ1) is 29.7. The molecular weight excluding hydrogens is 482 g/mol. The van der Waals surface area contributed by atoms with Crippen molar-refractivity contribution in [1.82, 2.24) is 21.3 Å². The summed E-state index contributed by atoms with van der Waals surface area (Å²) in [5.41, 5.74) is 6.37. The predicted molar refractivity (Wildman–Crippen MR) is 134 cm³/mol. The Kier molecular flexibility index (Phi) is 12.5. The zero-order valence-electron chi connectivity index (χ0n) is 20.8. The minimum Gasteiger partial charge on any atom is -0.481 e. The topological polar surface area (TPSA) is 200 Å². The summed E-state index contributed by atoms with van der Waals surface area (Å²) in [5, 5.41) is 29.1. The Morgan fingerprint density at radius 1 is 0.919 bits per heavy atom. The molecule has 204 valence electrons. The highest BCUT2D eigenvalue weighted by Crippen LogP contribution is 2.10. The molecule has 0 aromatic heterocycles. The van der Waals surface area contributed by atoms with Gasteiger partial charge >= 0.3 is 11.9 Å². The second-order valence-corrected chi connectivity index (χ2v) is 9.08. The van der Waals surface area contributed by atoms with Gasteiger partial charge in [-0.1, -0.05) is 30.3 Å². The minimum absolute atomic E-state index is 0.191. The van der Waals surface area contributed by atoms with Crippen LogP contribution in [0.15, 0.2) is 30.3 Å². The molecule has 0 radical (unpaired) electrons. The van der Waals surface area contributed by atoms with Crippen molar-refractivity contribution in [3.8, 4) is 0 Å². The third-order valence-corrected chi connectivity index (χ3v) is 6.13. The maximum Gasteiger partial charge on any atom is 0.326 e. The van der Waals surface area contributed by atoms with E-state index < -0.39 is 54.3 Å². The maximum absolute atomic E-state index is 13.3. The predicted octanol–water partition coefficient (Wildman–Crippen LogP) is -0.486. The highest BCUT2D eigenvalue weighted by Gasteiger charge is 2.31. The van der Waals surface area contributed by atoms with Gasteiger partial charge in [0.25, 0.3) is 0 Å². The third kappa shape index (κ3) is 10.6. The quantitative estimate of drug-likeness (QED) is 0.141. The number of hydrogen-bond acceptors (Lipinski definition) is 7. The summed E-state index contributed by atoms with van der Waals surface area (Å²) in [6.07, 6.45) is 2.21. The summed E-state index contributed by atoms with van der Waals surface area (Å²) in [6.45, 7) is 1.09. The number of carbonyl (C=O) groups is 5. The average molecular weight is 520 g/mol. The number of carboxylic acids is 2. The molecule has 8 N–H and O–H groups in total. The molecule has 12 nitrogen and oxygen atoms in total. The van der Waals surface area contributed by atoms with Gasteiger partial charge in [0.05, 0.1) is 6.04 Å². The van der Waals surface area contributed by atoms with E-state index >= 15 is 0 Å². The van der Waals surface area contributed by atoms with Crippen molar-refractivity contribution in [2.45, 2.75) is 75.5 Å². The summed E-state index contributed by atoms with van der Waals surface area (Å²) in [4.78, 5) is 61.5. The van der Waals surface area contributed by atoms with Gasteiger partial charge in [-0.3, -0.25) is 19.2 Å². The standard InChI is InChI=1S/C25H37N5O7/c26-13-5-4-9-18(23(34)29-19(25(36)37)11-12-21(31)32)28-24(35)20(15-16-7-2-1-3-8-16)30-22(33)17-10-6-14-27-17/h1-3,7-8,17-20,27H,4-6,9-15,26H2,(H,28,35)(H,29,34)(H,30,33)(H,31,32)(H,36,37). The Labute approximate surface area is 215 Å². The summed E-state index contributed by atoms with van der Waals surface area (Å²) >= 11 is 0. The number of hydrogen-bond donors (Lipinski definition) is 7. The van der Waals surface area contributed by atoms with E-state index in [1.165, 1.54) is 0 Å². The van der Waals surface area contributed by atoms with Gasteiger partial charge in [-0.2, -0.15) is 0 Å². The van der Waals surface area contributed by atoms with Crippen LogP contribution in [0, 0.1) is 0 Å². The molecule has 1 aromatic rings. The van der Waals surface area contributed by atoms with Crippen LogP contribution in [0.4, 0.5) is 0 Å². The molecule has 1 aromatic carbocycles. The fourth-order valence-corrected chi connectivity index (χ4v) is 4.07. The van der Waals surface area contributed by atoms with Crippen LogP contribution in [0.25, 0.3) is 0 Å². The second-order valence-electron chi connectivity index (χ2n) is 9.08. The number of benzene rings is 1. The minimum atomic E-state index is -1.43. The Morgan fingerprint density at radius 2 is 1.59 bits per heavy atom. The normalized spacial score (nSPS) is 17.3. The first-order chi connectivity index (χ1) is 17.7. The molecule has 4 atom stereocenters. The molecule has 4 unspecified atom stereocenters. The Hall–Kier alpha value is -3.51. The number of amides is 3. The maximum atomic E-state index is 13.3. The van der Waals surface area contributed by atoms with Crippen molar-refractivity contribution in [1.29, 1.82) is 0 Å². The van der Waals surface area contributed by atoms with Crippen LogP contribution in [-0.4, -0.2) is 77.1 Å². The summed E-state index contributed by atoms with van der Waals surface area (Å²) in [5.74, 6) is -4.20. The van der Waals surface area contributed by atoms with Crippen LogP contribution in [0.2, 0.25) is 0 Å². The number of rotatable bonds is 16. The molecular formula is C25H37N5O7. The molecule has 1 aliphatic heterocycles. The lowest BCUT2D eigenvalue weighted by Gasteiger charge is -2.25. The Balaban J connectivity index is 2.16. The number of nitrogens with two attached hydrogens (primary N) is 1. The lowest BCUT2D eigenvalue weighted by molar-refractivity contribution is -0.143. The van der Waals surface area contributed by atoms with E-state index in [2.05, 4.69) is 21.3 Å². The van der Waals surface area contributed by atoms with Gasteiger partial charge in [-0.05, 0) is 57.2 Å². The molecule has 1 fully saturated rings. The zero-order valence-corrected chi connectivity index (χ0v) is 20.8. The first-order valence-electron chi connectivity index (χ1n) is 12.5. The van der Waals surface area contributed by atoms with Gasteiger partial charge in [-0.25, -0.2) is 4.79 Å². The Morgan fingerprint density at radius 3 is 2.19 bits per heavy atom. The molecule has 1 aliphatic rings. The molecule has 0 aliphatic carbocycles. The van der Waals surface area contributed by atoms with Gasteiger partial charge in [0.2, 0.25) is 17.7 Å². The molecule has 2 rings (SSSR count). The van der Waals surface area contributed by atoms with E-state index in [0.717, 1.165) is 12.0 Å². The van der Waals surface area contributed by atoms with Crippen molar-refractivity contribution >= 4 is 29.7 Å². The van der Waals surface area contributed by atoms with Gasteiger partial charge < -0.3 is 37.2 Å². The smallest absolute Gasteiger partial charge is 0.326 e. The van der Waals surface area contributed by atoms with Crippen molar-refractivity contribution in [3.63, 3.8) is 0 Å². The van der Waals surface area contributed by atoms with Crippen LogP contribution in [0.3, 0.4) is 0 Å². The molecule has 0 bridgehead atoms. The van der Waals surface area contributed by atoms with Crippen molar-refractivity contribution in [2.24, 2.45) is 5.73 Å². The lowest BCUT2D eigenvalue weighted by Crippen LogP contribution is -2.57. The van der Waals surface area contributed by atoms with E-state index in [0.29, 0.717) is 32.4 Å². The van der Waals surface area contributed by atoms with Gasteiger partial charge in [-0.15, -0.1) is 0 Å². The number of carboxylic acid groups (broad SMARTS) is 2. The van der Waals surface area contributed by atoms with Crippen molar-refractivity contribution < 1.29 is 34.2 Å². The fraction of sp³-hybridized carbons (Fsp3) is 0.560. The molecule has 1 heterocycles. The largest absolute Gasteiger partial charge is 0.481 e. The molecule has 1 saturated heterocycles. The number of carbonyl (C=O) groups excluding carboxylic acids is 3. The average Bonchev–Trinajstić information content (AvgIpc) is 3.41. The number of nitrogens with one attached hydrogen (secondary N) is 4. The highest BCUT2D eigenvalue weighted by atomic mass is 16.4. The van der Waals surface area contributed by atoms with Crippen LogP contribution in [0.5, 0.6) is 0 Å². The molecule has 0 spiro atoms. The van der Waals surface area contributed by atoms with Crippen LogP contribution in [0.1, 0.15) is 50.5 Å². The SMILES string of the molecule is NCCCCC(NC(=O)C(Cc1ccccc1)NC(=O)C1CCCN1)C(=O)NC(CCC(=O)O)C(=O)O. The number of unbranched alkanes of at least 4 members (excludes halogenated alkanes) is 1. The summed E-state index contributed by atoms with van der Waals surface area (Å²) in [6, 6.07) is 5.23. The number of aliphatic carboxylic acids is 2. The van der Waals surface area contributed by atoms with E-state index in [1.807, 2.05) is 30.3 Å². The van der Waals surface area contributed by atoms with Crippen LogP contribution < -0.4 is 27.0 Å². The van der Waals surface area contributed by atoms with Gasteiger partial charge in [0.1, 0.15) is 18.1 Å². The summed E-state index contributed by atoms with van der Waals surface area (Å²) < 4.78 is 0. The summed E-state index contributed by atoms with van der Waals surface area (Å²) in [7, 11) is 0. The van der Waals surface area contributed by atoms with E-state index in [4.69, 9.17) is 10.8 Å². The zero-order chi connectivity index (χ0) is 27.2. The lowest BCUT2D eigenvalue weighted by atomic mass is 10.0. The van der Waals surface area contributed by atoms with Crippen LogP contribution >= 0.6 is 0 Å². The Bertz CT molecular complexity index is 921. The molecule has 12 heteroatoms. The van der Waals surface area contributed by atoms with E-state index in [1.54, 1.807) is 0 Å². The fourth-order valence-electron chi connectivity index (χ4n) is 4.07. The van der Waals surface area contributed by atoms with Gasteiger partial charge in [0, 0.05) is 12.8 Å². The first-order valence-corrected chi connectivity index (χ1v) is 12.5. The second kappa shape index (κ2) is 15.6. The van der Waals surface area contributed by atoms with Crippen LogP contribution in [-0.2, 0) is 30.4 Å². The monoisotopic (exact) mass is 519 g/mol. The molecule has 37 heavy (non-hydrogen) atoms. The molecule has 0 saturated carbocycles. The van der Waals surface area contributed by atoms with Gasteiger partial charge in [0.15, 0.2) is 0 Å². The van der Waals surface area contributed by atoms with Crippen molar-refractivity contribution in [2.75, 3.05) is 13.1 Å². The van der Waals surface area contributed by atoms with Crippen molar-refractivity contribution in [3.05, 3.63) is 35.9 Å². The molecule has 3 amide bonds. The van der Waals surface area contributed by atoms with E-state index in [-0.39, 0.29) is 25.2 Å². The van der Waals surface area contributed by atoms with E-state index in [9.17, 15) is 29.1 Å². The highest BCUT2D eigenvalue weighted by molar-refractivity contribution is 5.94. The third-order valence-electron chi connectivity index (χ3n) is 6.13.